The third kappa shape index (κ3) is 1.35. The number of benzene rings is 1. The first-order valence-corrected chi connectivity index (χ1v) is 4.49. The fourth-order valence-electron chi connectivity index (χ4n) is 1.74. The lowest BCUT2D eigenvalue weighted by molar-refractivity contribution is 0.173. The third-order valence-electron chi connectivity index (χ3n) is 2.38. The van der Waals surface area contributed by atoms with Crippen molar-refractivity contribution in [1.29, 1.82) is 0 Å². The van der Waals surface area contributed by atoms with Crippen molar-refractivity contribution < 1.29 is 13.5 Å². The summed E-state index contributed by atoms with van der Waals surface area (Å²) in [7, 11) is 0. The van der Waals surface area contributed by atoms with E-state index in [2.05, 4.69) is 0 Å². The Morgan fingerprint density at radius 2 is 2.14 bits per heavy atom. The van der Waals surface area contributed by atoms with Gasteiger partial charge >= 0.3 is 0 Å². The monoisotopic (exact) mass is 199 g/mol. The Morgan fingerprint density at radius 3 is 2.86 bits per heavy atom. The van der Waals surface area contributed by atoms with E-state index in [1.165, 1.54) is 6.07 Å². The molecule has 1 aromatic carbocycles. The molecule has 0 bridgehead atoms. The Labute approximate surface area is 80.7 Å². The van der Waals surface area contributed by atoms with Gasteiger partial charge in [0.2, 0.25) is 0 Å². The van der Waals surface area contributed by atoms with E-state index in [9.17, 15) is 8.78 Å². The predicted octanol–water partition coefficient (Wildman–Crippen LogP) is 2.14. The molecule has 0 unspecified atom stereocenters. The van der Waals surface area contributed by atoms with Crippen LogP contribution in [0.4, 0.5) is 8.78 Å². The largest absolute Gasteiger partial charge is 0.490 e. The van der Waals surface area contributed by atoms with E-state index < -0.39 is 17.7 Å². The number of hydrogen-bond acceptors (Lipinski definition) is 2. The predicted molar refractivity (Wildman–Crippen MR) is 48.0 cm³/mol. The topological polar surface area (TPSA) is 35.2 Å². The van der Waals surface area contributed by atoms with Crippen molar-refractivity contribution >= 4 is 0 Å². The first kappa shape index (κ1) is 9.40. The molecule has 0 aromatic heterocycles. The lowest BCUT2D eigenvalue weighted by Gasteiger charge is -2.28. The van der Waals surface area contributed by atoms with Gasteiger partial charge in [0.15, 0.2) is 11.6 Å². The fraction of sp³-hybridized carbons (Fsp3) is 0.400. The molecule has 2 N–H and O–H groups in total. The minimum Gasteiger partial charge on any atom is -0.490 e. The lowest BCUT2D eigenvalue weighted by Crippen LogP contribution is -2.28. The molecule has 76 valence electrons. The summed E-state index contributed by atoms with van der Waals surface area (Å²) >= 11 is 0. The van der Waals surface area contributed by atoms with Crippen molar-refractivity contribution in [1.82, 2.24) is 0 Å². The van der Waals surface area contributed by atoms with Gasteiger partial charge in [-0.2, -0.15) is 0 Å². The molecular weight excluding hydrogens is 188 g/mol. The maximum atomic E-state index is 13.3. The Morgan fingerprint density at radius 1 is 1.43 bits per heavy atom. The van der Waals surface area contributed by atoms with Gasteiger partial charge in [-0.25, -0.2) is 8.78 Å². The van der Waals surface area contributed by atoms with Crippen LogP contribution in [0, 0.1) is 11.6 Å². The van der Waals surface area contributed by atoms with E-state index in [0.717, 1.165) is 6.07 Å². The van der Waals surface area contributed by atoms with Crippen molar-refractivity contribution in [3.05, 3.63) is 29.3 Å². The molecule has 1 aliphatic rings. The van der Waals surface area contributed by atoms with Gasteiger partial charge in [0.25, 0.3) is 0 Å². The molecule has 1 heterocycles. The number of hydrogen-bond donors (Lipinski definition) is 1. The second-order valence-corrected chi connectivity index (χ2v) is 3.54. The van der Waals surface area contributed by atoms with Gasteiger partial charge < -0.3 is 10.5 Å². The zero-order valence-electron chi connectivity index (χ0n) is 7.76. The number of halogens is 2. The zero-order chi connectivity index (χ0) is 10.3. The van der Waals surface area contributed by atoms with Gasteiger partial charge in [-0.15, -0.1) is 0 Å². The first-order chi connectivity index (χ1) is 6.59. The smallest absolute Gasteiger partial charge is 0.167 e. The van der Waals surface area contributed by atoms with E-state index in [-0.39, 0.29) is 11.7 Å². The molecule has 2 atom stereocenters. The molecule has 0 saturated carbocycles. The van der Waals surface area contributed by atoms with Crippen molar-refractivity contribution in [2.75, 3.05) is 0 Å². The molecule has 4 heteroatoms. The first-order valence-electron chi connectivity index (χ1n) is 4.49. The van der Waals surface area contributed by atoms with Crippen LogP contribution in [-0.4, -0.2) is 6.10 Å². The van der Waals surface area contributed by atoms with Gasteiger partial charge in [0.05, 0.1) is 6.10 Å². The van der Waals surface area contributed by atoms with E-state index in [1.54, 1.807) is 0 Å². The highest BCUT2D eigenvalue weighted by Gasteiger charge is 2.27. The van der Waals surface area contributed by atoms with E-state index in [4.69, 9.17) is 10.5 Å². The average molecular weight is 199 g/mol. The molecule has 14 heavy (non-hydrogen) atoms. The van der Waals surface area contributed by atoms with Crippen molar-refractivity contribution in [3.63, 3.8) is 0 Å². The molecule has 0 aliphatic carbocycles. The Balaban J connectivity index is 2.54. The molecule has 0 spiro atoms. The molecule has 0 radical (unpaired) electrons. The summed E-state index contributed by atoms with van der Waals surface area (Å²) in [6, 6.07) is 1.99. The number of rotatable bonds is 0. The number of fused-ring (bicyclic) bond motifs is 1. The number of ether oxygens (including phenoxy) is 1. The summed E-state index contributed by atoms with van der Waals surface area (Å²) in [5, 5.41) is 0. The highest BCUT2D eigenvalue weighted by molar-refractivity contribution is 5.39. The van der Waals surface area contributed by atoms with Gasteiger partial charge in [-0.3, -0.25) is 0 Å². The number of nitrogens with two attached hydrogens (primary N) is 1. The Kier molecular flexibility index (Phi) is 2.15. The van der Waals surface area contributed by atoms with Gasteiger partial charge in [0.1, 0.15) is 5.75 Å². The molecule has 2 rings (SSSR count). The molecule has 0 saturated heterocycles. The van der Waals surface area contributed by atoms with Crippen LogP contribution in [0.15, 0.2) is 12.1 Å². The summed E-state index contributed by atoms with van der Waals surface area (Å²) in [6.07, 6.45) is 0.454. The molecule has 0 amide bonds. The summed E-state index contributed by atoms with van der Waals surface area (Å²) in [5.74, 6) is -1.41. The fourth-order valence-corrected chi connectivity index (χ4v) is 1.74. The van der Waals surface area contributed by atoms with Crippen LogP contribution in [0.25, 0.3) is 0 Å². The van der Waals surface area contributed by atoms with Crippen LogP contribution in [0.1, 0.15) is 24.9 Å². The Hall–Kier alpha value is -1.16. The average Bonchev–Trinajstić information content (AvgIpc) is 2.10. The summed E-state index contributed by atoms with van der Waals surface area (Å²) in [4.78, 5) is 0. The van der Waals surface area contributed by atoms with Gasteiger partial charge in [-0.1, -0.05) is 0 Å². The zero-order valence-corrected chi connectivity index (χ0v) is 7.76. The van der Waals surface area contributed by atoms with Crippen LogP contribution in [0.5, 0.6) is 5.75 Å². The van der Waals surface area contributed by atoms with E-state index >= 15 is 0 Å². The maximum Gasteiger partial charge on any atom is 0.167 e. The molecule has 1 aromatic rings. The van der Waals surface area contributed by atoms with E-state index in [1.807, 2.05) is 6.92 Å². The van der Waals surface area contributed by atoms with Crippen LogP contribution in [0.3, 0.4) is 0 Å². The van der Waals surface area contributed by atoms with Crippen molar-refractivity contribution in [2.24, 2.45) is 5.73 Å². The highest BCUT2D eigenvalue weighted by atomic mass is 19.2. The van der Waals surface area contributed by atoms with Gasteiger partial charge in [-0.05, 0) is 19.1 Å². The summed E-state index contributed by atoms with van der Waals surface area (Å²) in [6.45, 7) is 1.85. The van der Waals surface area contributed by atoms with Crippen molar-refractivity contribution in [2.45, 2.75) is 25.5 Å². The van der Waals surface area contributed by atoms with Gasteiger partial charge in [0, 0.05) is 18.0 Å². The highest BCUT2D eigenvalue weighted by Crippen LogP contribution is 2.35. The standard InChI is InChI=1S/C10H11F2NO/c1-5-4-7(13)9-8(14-5)3-2-6(11)10(9)12/h2-3,5,7H,4,13H2,1H3/t5-,7+/m1/s1. The molecule has 2 nitrogen and oxygen atoms in total. The van der Waals surface area contributed by atoms with Crippen LogP contribution in [-0.2, 0) is 0 Å². The quantitative estimate of drug-likeness (QED) is 0.694. The normalized spacial score (nSPS) is 25.4. The Bertz CT molecular complexity index is 367. The second-order valence-electron chi connectivity index (χ2n) is 3.54. The van der Waals surface area contributed by atoms with E-state index in [0.29, 0.717) is 12.2 Å². The van der Waals surface area contributed by atoms with Crippen LogP contribution >= 0.6 is 0 Å². The van der Waals surface area contributed by atoms with Crippen LogP contribution in [0.2, 0.25) is 0 Å². The SMILES string of the molecule is C[C@@H]1C[C@H](N)c2c(ccc(F)c2F)O1. The summed E-state index contributed by atoms with van der Waals surface area (Å²) < 4.78 is 31.6. The minimum atomic E-state index is -0.887. The van der Waals surface area contributed by atoms with Crippen LogP contribution < -0.4 is 10.5 Å². The molecular formula is C10H11F2NO. The summed E-state index contributed by atoms with van der Waals surface area (Å²) in [5.41, 5.74) is 5.88. The minimum absolute atomic E-state index is 0.0534. The maximum absolute atomic E-state index is 13.3. The third-order valence-corrected chi connectivity index (χ3v) is 2.38. The molecule has 0 fully saturated rings. The van der Waals surface area contributed by atoms with Crippen molar-refractivity contribution in [3.8, 4) is 5.75 Å². The molecule has 1 aliphatic heterocycles. The second kappa shape index (κ2) is 3.20. The lowest BCUT2D eigenvalue weighted by atomic mass is 9.97.